The number of alkyl halides is 3. The molecule has 1 heterocycles. The topological polar surface area (TPSA) is 83.0 Å². The second-order valence-electron chi connectivity index (χ2n) is 6.25. The maximum absolute atomic E-state index is 12.6. The van der Waals surface area contributed by atoms with Crippen molar-refractivity contribution in [3.63, 3.8) is 0 Å². The van der Waals surface area contributed by atoms with E-state index in [4.69, 9.17) is 4.74 Å². The van der Waals surface area contributed by atoms with Crippen LogP contribution in [0.15, 0.2) is 29.3 Å². The molecule has 1 fully saturated rings. The van der Waals surface area contributed by atoms with Gasteiger partial charge in [0, 0.05) is 33.2 Å². The molecule has 0 aliphatic carbocycles. The van der Waals surface area contributed by atoms with Crippen LogP contribution < -0.4 is 10.6 Å². The summed E-state index contributed by atoms with van der Waals surface area (Å²) in [6.07, 6.45) is -5.21. The first-order valence-electron chi connectivity index (χ1n) is 8.85. The molecule has 166 valence electrons. The van der Waals surface area contributed by atoms with E-state index in [1.54, 1.807) is 24.3 Å². The fourth-order valence-corrected chi connectivity index (χ4v) is 4.27. The normalized spacial score (nSPS) is 16.2. The van der Waals surface area contributed by atoms with Gasteiger partial charge in [0.1, 0.15) is 0 Å². The number of hydrogen-bond acceptors (Lipinski definition) is 4. The van der Waals surface area contributed by atoms with Crippen molar-refractivity contribution >= 4 is 40.0 Å². The molecule has 0 spiro atoms. The molecule has 1 aromatic carbocycles. The number of hydrogen-bond donors (Lipinski definition) is 2. The molecule has 2 rings (SSSR count). The standard InChI is InChI=1S/C17H25F3N4O3S.HI/c1-21-16(22-7-6-17(18,19)20)23-12-14-4-2-3-5-15(14)13-28(25,26)24-8-10-27-11-9-24;/h2-5H,6-13H2,1H3,(H2,21,22,23);1H. The summed E-state index contributed by atoms with van der Waals surface area (Å²) >= 11 is 0. The fourth-order valence-electron chi connectivity index (χ4n) is 2.71. The molecular weight excluding hydrogens is 524 g/mol. The number of morpholine rings is 1. The molecule has 1 aliphatic heterocycles. The smallest absolute Gasteiger partial charge is 0.379 e. The lowest BCUT2D eigenvalue weighted by atomic mass is 10.1. The number of rotatable bonds is 7. The molecule has 7 nitrogen and oxygen atoms in total. The van der Waals surface area contributed by atoms with Crippen molar-refractivity contribution in [1.82, 2.24) is 14.9 Å². The molecule has 1 aliphatic rings. The number of nitrogens with zero attached hydrogens (tertiary/aromatic N) is 2. The minimum absolute atomic E-state index is 0. The fraction of sp³-hybridized carbons (Fsp3) is 0.588. The van der Waals surface area contributed by atoms with Crippen LogP contribution in [0.25, 0.3) is 0 Å². The first kappa shape index (κ1) is 25.9. The van der Waals surface area contributed by atoms with Gasteiger partial charge in [0.25, 0.3) is 0 Å². The largest absolute Gasteiger partial charge is 0.390 e. The lowest BCUT2D eigenvalue weighted by Crippen LogP contribution is -2.41. The van der Waals surface area contributed by atoms with Gasteiger partial charge in [0.2, 0.25) is 10.0 Å². The predicted octanol–water partition coefficient (Wildman–Crippen LogP) is 2.08. The number of sulfonamides is 1. The molecule has 0 bridgehead atoms. The van der Waals surface area contributed by atoms with Crippen molar-refractivity contribution in [2.45, 2.75) is 24.9 Å². The average Bonchev–Trinajstić information content (AvgIpc) is 2.65. The Morgan fingerprint density at radius 1 is 1.17 bits per heavy atom. The van der Waals surface area contributed by atoms with Gasteiger partial charge in [-0.25, -0.2) is 8.42 Å². The number of aliphatic imine (C=N–C) groups is 1. The highest BCUT2D eigenvalue weighted by molar-refractivity contribution is 14.0. The number of ether oxygens (including phenoxy) is 1. The zero-order chi connectivity index (χ0) is 20.6. The Labute approximate surface area is 186 Å². The van der Waals surface area contributed by atoms with Crippen LogP contribution >= 0.6 is 24.0 Å². The SMILES string of the molecule is CN=C(NCCC(F)(F)F)NCc1ccccc1CS(=O)(=O)N1CCOCC1.I. The highest BCUT2D eigenvalue weighted by Crippen LogP contribution is 2.18. The van der Waals surface area contributed by atoms with Crippen LogP contribution in [0.5, 0.6) is 0 Å². The van der Waals surface area contributed by atoms with Crippen molar-refractivity contribution in [3.8, 4) is 0 Å². The van der Waals surface area contributed by atoms with Gasteiger partial charge in [0.15, 0.2) is 5.96 Å². The summed E-state index contributed by atoms with van der Waals surface area (Å²) in [7, 11) is -2.02. The summed E-state index contributed by atoms with van der Waals surface area (Å²) in [4.78, 5) is 3.89. The van der Waals surface area contributed by atoms with E-state index in [0.717, 1.165) is 5.56 Å². The molecular formula is C17H26F3IN4O3S. The molecule has 12 heteroatoms. The molecule has 0 amide bonds. The molecule has 0 atom stereocenters. The van der Waals surface area contributed by atoms with E-state index >= 15 is 0 Å². The van der Waals surface area contributed by atoms with Crippen LogP contribution in [-0.2, 0) is 27.1 Å². The van der Waals surface area contributed by atoms with Crippen molar-refractivity contribution < 1.29 is 26.3 Å². The highest BCUT2D eigenvalue weighted by atomic mass is 127. The van der Waals surface area contributed by atoms with Gasteiger partial charge < -0.3 is 15.4 Å². The third-order valence-electron chi connectivity index (χ3n) is 4.19. The monoisotopic (exact) mass is 550 g/mol. The second kappa shape index (κ2) is 11.9. The Bertz CT molecular complexity index is 769. The van der Waals surface area contributed by atoms with Crippen molar-refractivity contribution in [1.29, 1.82) is 0 Å². The van der Waals surface area contributed by atoms with Gasteiger partial charge in [-0.2, -0.15) is 17.5 Å². The maximum Gasteiger partial charge on any atom is 0.390 e. The van der Waals surface area contributed by atoms with Crippen LogP contribution in [0.1, 0.15) is 17.5 Å². The van der Waals surface area contributed by atoms with Gasteiger partial charge in [-0.05, 0) is 11.1 Å². The molecule has 29 heavy (non-hydrogen) atoms. The number of guanidine groups is 1. The molecule has 1 saturated heterocycles. The lowest BCUT2D eigenvalue weighted by Gasteiger charge is -2.26. The second-order valence-corrected chi connectivity index (χ2v) is 8.22. The molecule has 2 N–H and O–H groups in total. The number of halogens is 4. The van der Waals surface area contributed by atoms with Gasteiger partial charge in [-0.1, -0.05) is 24.3 Å². The molecule has 0 aromatic heterocycles. The summed E-state index contributed by atoms with van der Waals surface area (Å²) in [5.74, 6) is 0.0698. The Balaban J connectivity index is 0.00000420. The summed E-state index contributed by atoms with van der Waals surface area (Å²) in [6, 6.07) is 7.04. The summed E-state index contributed by atoms with van der Waals surface area (Å²) in [5, 5.41) is 5.51. The van der Waals surface area contributed by atoms with Gasteiger partial charge >= 0.3 is 6.18 Å². The van der Waals surface area contributed by atoms with E-state index in [-0.39, 0.29) is 48.8 Å². The van der Waals surface area contributed by atoms with Crippen LogP contribution in [0.4, 0.5) is 13.2 Å². The van der Waals surface area contributed by atoms with E-state index in [2.05, 4.69) is 15.6 Å². The zero-order valence-electron chi connectivity index (χ0n) is 16.0. The van der Waals surface area contributed by atoms with E-state index in [1.807, 2.05) is 0 Å². The first-order chi connectivity index (χ1) is 13.2. The maximum atomic E-state index is 12.6. The van der Waals surface area contributed by atoms with Crippen LogP contribution in [-0.4, -0.2) is 64.8 Å². The lowest BCUT2D eigenvalue weighted by molar-refractivity contribution is -0.132. The van der Waals surface area contributed by atoms with Crippen LogP contribution in [0, 0.1) is 0 Å². The van der Waals surface area contributed by atoms with Crippen molar-refractivity contribution in [3.05, 3.63) is 35.4 Å². The highest BCUT2D eigenvalue weighted by Gasteiger charge is 2.27. The van der Waals surface area contributed by atoms with Crippen LogP contribution in [0.2, 0.25) is 0 Å². The third-order valence-corrected chi connectivity index (χ3v) is 6.02. The Morgan fingerprint density at radius 2 is 1.79 bits per heavy atom. The number of benzene rings is 1. The first-order valence-corrected chi connectivity index (χ1v) is 10.5. The Morgan fingerprint density at radius 3 is 2.38 bits per heavy atom. The molecule has 0 saturated carbocycles. The predicted molar refractivity (Wildman–Crippen MR) is 116 cm³/mol. The average molecular weight is 550 g/mol. The molecule has 1 aromatic rings. The summed E-state index contributed by atoms with van der Waals surface area (Å²) < 4.78 is 68.7. The van der Waals surface area contributed by atoms with Gasteiger partial charge in [0.05, 0.1) is 25.4 Å². The minimum atomic E-state index is -4.24. The van der Waals surface area contributed by atoms with E-state index in [1.165, 1.54) is 11.4 Å². The Kier molecular flexibility index (Phi) is 10.6. The summed E-state index contributed by atoms with van der Waals surface area (Å²) in [5.41, 5.74) is 1.37. The van der Waals surface area contributed by atoms with E-state index in [0.29, 0.717) is 31.9 Å². The summed E-state index contributed by atoms with van der Waals surface area (Å²) in [6.45, 7) is 1.36. The van der Waals surface area contributed by atoms with Crippen molar-refractivity contribution in [2.75, 3.05) is 39.9 Å². The third kappa shape index (κ3) is 9.05. The van der Waals surface area contributed by atoms with Gasteiger partial charge in [-0.3, -0.25) is 4.99 Å². The van der Waals surface area contributed by atoms with E-state index < -0.39 is 22.6 Å². The van der Waals surface area contributed by atoms with Crippen LogP contribution in [0.3, 0.4) is 0 Å². The van der Waals surface area contributed by atoms with Gasteiger partial charge in [-0.15, -0.1) is 24.0 Å². The molecule has 0 radical (unpaired) electrons. The zero-order valence-corrected chi connectivity index (χ0v) is 19.2. The minimum Gasteiger partial charge on any atom is -0.379 e. The quantitative estimate of drug-likeness (QED) is 0.309. The molecule has 0 unspecified atom stereocenters. The van der Waals surface area contributed by atoms with Crippen molar-refractivity contribution in [2.24, 2.45) is 4.99 Å². The Hall–Kier alpha value is -1.12. The van der Waals surface area contributed by atoms with E-state index in [9.17, 15) is 21.6 Å². The number of nitrogens with one attached hydrogen (secondary N) is 2.